The minimum absolute atomic E-state index is 0. The predicted octanol–water partition coefficient (Wildman–Crippen LogP) is 2.79. The highest BCUT2D eigenvalue weighted by Crippen LogP contribution is 2.11. The maximum atomic E-state index is 5.25. The molecule has 2 N–H and O–H groups in total. The summed E-state index contributed by atoms with van der Waals surface area (Å²) in [7, 11) is 1.71. The molecule has 6 nitrogen and oxygen atoms in total. The van der Waals surface area contributed by atoms with Gasteiger partial charge in [0, 0.05) is 39.1 Å². The normalized spacial score (nSPS) is 11.0. The van der Waals surface area contributed by atoms with Crippen LogP contribution in [0.4, 0.5) is 0 Å². The van der Waals surface area contributed by atoms with Gasteiger partial charge in [0.2, 0.25) is 0 Å². The van der Waals surface area contributed by atoms with Crippen LogP contribution in [0, 0.1) is 0 Å². The molecule has 0 saturated heterocycles. The summed E-state index contributed by atoms with van der Waals surface area (Å²) < 4.78 is 7.19. The lowest BCUT2D eigenvalue weighted by Crippen LogP contribution is -2.38. The second kappa shape index (κ2) is 12.7. The Labute approximate surface area is 167 Å². The van der Waals surface area contributed by atoms with Crippen molar-refractivity contribution in [3.05, 3.63) is 53.9 Å². The van der Waals surface area contributed by atoms with Crippen LogP contribution >= 0.6 is 24.0 Å². The van der Waals surface area contributed by atoms with E-state index in [9.17, 15) is 0 Å². The van der Waals surface area contributed by atoms with Crippen molar-refractivity contribution < 1.29 is 4.74 Å². The lowest BCUT2D eigenvalue weighted by molar-refractivity contribution is 0.184. The molecular weight excluding hydrogens is 429 g/mol. The van der Waals surface area contributed by atoms with E-state index in [1.807, 2.05) is 29.1 Å². The summed E-state index contributed by atoms with van der Waals surface area (Å²) in [6.45, 7) is 5.90. The molecule has 7 heteroatoms. The van der Waals surface area contributed by atoms with Crippen molar-refractivity contribution in [2.75, 3.05) is 20.2 Å². The number of hydrogen-bond donors (Lipinski definition) is 2. The summed E-state index contributed by atoms with van der Waals surface area (Å²) in [4.78, 5) is 4.68. The fraction of sp³-hybridized carbons (Fsp3) is 0.444. The van der Waals surface area contributed by atoms with Crippen LogP contribution in [0.2, 0.25) is 0 Å². The van der Waals surface area contributed by atoms with Crippen molar-refractivity contribution in [3.8, 4) is 0 Å². The first-order valence-electron chi connectivity index (χ1n) is 8.38. The van der Waals surface area contributed by atoms with Crippen LogP contribution in [-0.4, -0.2) is 35.9 Å². The topological polar surface area (TPSA) is 63.5 Å². The van der Waals surface area contributed by atoms with Crippen molar-refractivity contribution in [1.82, 2.24) is 20.4 Å². The van der Waals surface area contributed by atoms with Crippen LogP contribution in [-0.2, 0) is 24.4 Å². The van der Waals surface area contributed by atoms with Crippen molar-refractivity contribution in [1.29, 1.82) is 0 Å². The number of halogens is 1. The summed E-state index contributed by atoms with van der Waals surface area (Å²) in [6, 6.07) is 10.2. The third-order valence-electron chi connectivity index (χ3n) is 3.59. The molecule has 0 bridgehead atoms. The molecule has 0 fully saturated rings. The van der Waals surface area contributed by atoms with E-state index in [4.69, 9.17) is 4.74 Å². The Morgan fingerprint density at radius 3 is 2.68 bits per heavy atom. The summed E-state index contributed by atoms with van der Waals surface area (Å²) in [5.74, 6) is 0.838. The minimum atomic E-state index is 0. The number of guanidine groups is 1. The maximum Gasteiger partial charge on any atom is 0.191 e. The van der Waals surface area contributed by atoms with E-state index < -0.39 is 0 Å². The number of nitrogens with one attached hydrogen (secondary N) is 2. The number of hydrogen-bond acceptors (Lipinski definition) is 3. The number of benzene rings is 1. The molecule has 0 amide bonds. The molecule has 0 spiro atoms. The van der Waals surface area contributed by atoms with Gasteiger partial charge in [-0.25, -0.2) is 4.99 Å². The average Bonchev–Trinajstić information content (AvgIpc) is 3.11. The van der Waals surface area contributed by atoms with Crippen LogP contribution in [0.1, 0.15) is 24.5 Å². The van der Waals surface area contributed by atoms with Gasteiger partial charge >= 0.3 is 0 Å². The Balaban J connectivity index is 0.00000312. The SMILES string of the molecule is CCNC(=NCc1ccccc1COC)NCCCn1cccn1.I. The second-order valence-electron chi connectivity index (χ2n) is 5.45. The molecule has 0 saturated carbocycles. The molecule has 25 heavy (non-hydrogen) atoms. The van der Waals surface area contributed by atoms with E-state index in [-0.39, 0.29) is 24.0 Å². The summed E-state index contributed by atoms with van der Waals surface area (Å²) in [5.41, 5.74) is 2.37. The zero-order chi connectivity index (χ0) is 17.0. The number of nitrogens with zero attached hydrogens (tertiary/aromatic N) is 3. The minimum Gasteiger partial charge on any atom is -0.380 e. The summed E-state index contributed by atoms with van der Waals surface area (Å²) in [5, 5.41) is 10.9. The highest BCUT2D eigenvalue weighted by atomic mass is 127. The van der Waals surface area contributed by atoms with Crippen LogP contribution in [0.3, 0.4) is 0 Å². The largest absolute Gasteiger partial charge is 0.380 e. The average molecular weight is 457 g/mol. The van der Waals surface area contributed by atoms with Crippen molar-refractivity contribution in [3.63, 3.8) is 0 Å². The molecule has 0 aliphatic rings. The fourth-order valence-electron chi connectivity index (χ4n) is 2.39. The zero-order valence-electron chi connectivity index (χ0n) is 14.9. The summed E-state index contributed by atoms with van der Waals surface area (Å²) in [6.07, 6.45) is 4.77. The Morgan fingerprint density at radius 1 is 1.20 bits per heavy atom. The van der Waals surface area contributed by atoms with Crippen LogP contribution in [0.15, 0.2) is 47.7 Å². The first-order valence-corrected chi connectivity index (χ1v) is 8.38. The van der Waals surface area contributed by atoms with Crippen LogP contribution in [0.5, 0.6) is 0 Å². The van der Waals surface area contributed by atoms with Crippen molar-refractivity contribution in [2.24, 2.45) is 4.99 Å². The number of aryl methyl sites for hydroxylation is 1. The van der Waals surface area contributed by atoms with E-state index in [0.29, 0.717) is 13.2 Å². The van der Waals surface area contributed by atoms with Gasteiger partial charge < -0.3 is 15.4 Å². The van der Waals surface area contributed by atoms with E-state index in [0.717, 1.165) is 32.0 Å². The predicted molar refractivity (Wildman–Crippen MR) is 112 cm³/mol. The molecule has 1 aromatic heterocycles. The summed E-state index contributed by atoms with van der Waals surface area (Å²) >= 11 is 0. The number of ether oxygens (including phenoxy) is 1. The molecule has 138 valence electrons. The number of methoxy groups -OCH3 is 1. The third-order valence-corrected chi connectivity index (χ3v) is 3.59. The van der Waals surface area contributed by atoms with Gasteiger partial charge in [-0.2, -0.15) is 5.10 Å². The quantitative estimate of drug-likeness (QED) is 0.263. The van der Waals surface area contributed by atoms with Gasteiger partial charge in [-0.1, -0.05) is 24.3 Å². The Hall–Kier alpha value is -1.61. The second-order valence-corrected chi connectivity index (χ2v) is 5.45. The Kier molecular flexibility index (Phi) is 10.9. The number of aromatic nitrogens is 2. The van der Waals surface area contributed by atoms with Gasteiger partial charge in [0.25, 0.3) is 0 Å². The van der Waals surface area contributed by atoms with Gasteiger partial charge in [0.05, 0.1) is 13.2 Å². The van der Waals surface area contributed by atoms with Crippen molar-refractivity contribution in [2.45, 2.75) is 33.0 Å². The Bertz CT molecular complexity index is 616. The standard InChI is InChI=1S/C18H27N5O.HI/c1-3-19-18(20-10-6-12-23-13-7-11-22-23)21-14-16-8-4-5-9-17(16)15-24-2;/h4-5,7-9,11,13H,3,6,10,12,14-15H2,1-2H3,(H2,19,20,21);1H. The smallest absolute Gasteiger partial charge is 0.191 e. The van der Waals surface area contributed by atoms with Crippen LogP contribution < -0.4 is 10.6 Å². The Morgan fingerprint density at radius 2 is 2.00 bits per heavy atom. The molecule has 0 aliphatic heterocycles. The first kappa shape index (κ1) is 21.4. The van der Waals surface area contributed by atoms with Gasteiger partial charge in [0.1, 0.15) is 0 Å². The monoisotopic (exact) mass is 457 g/mol. The van der Waals surface area contributed by atoms with Gasteiger partial charge in [0.15, 0.2) is 5.96 Å². The number of aliphatic imine (C=N–C) groups is 1. The molecule has 2 rings (SSSR count). The molecule has 1 aromatic carbocycles. The highest BCUT2D eigenvalue weighted by Gasteiger charge is 2.02. The van der Waals surface area contributed by atoms with Gasteiger partial charge in [-0.3, -0.25) is 4.68 Å². The first-order chi connectivity index (χ1) is 11.8. The fourth-order valence-corrected chi connectivity index (χ4v) is 2.39. The van der Waals surface area contributed by atoms with Crippen molar-refractivity contribution >= 4 is 29.9 Å². The lowest BCUT2D eigenvalue weighted by Gasteiger charge is -2.12. The highest BCUT2D eigenvalue weighted by molar-refractivity contribution is 14.0. The molecule has 2 aromatic rings. The van der Waals surface area contributed by atoms with Crippen LogP contribution in [0.25, 0.3) is 0 Å². The molecule has 0 atom stereocenters. The van der Waals surface area contributed by atoms with E-state index >= 15 is 0 Å². The van der Waals surface area contributed by atoms with Gasteiger partial charge in [-0.15, -0.1) is 24.0 Å². The maximum absolute atomic E-state index is 5.25. The molecular formula is C18H28IN5O. The molecule has 0 radical (unpaired) electrons. The van der Waals surface area contributed by atoms with E-state index in [1.165, 1.54) is 11.1 Å². The van der Waals surface area contributed by atoms with E-state index in [1.54, 1.807) is 13.3 Å². The number of rotatable bonds is 9. The van der Waals surface area contributed by atoms with Gasteiger partial charge in [-0.05, 0) is 30.5 Å². The third kappa shape index (κ3) is 7.87. The molecule has 1 heterocycles. The lowest BCUT2D eigenvalue weighted by atomic mass is 10.1. The molecule has 0 unspecified atom stereocenters. The zero-order valence-corrected chi connectivity index (χ0v) is 17.3. The molecule has 0 aliphatic carbocycles. The van der Waals surface area contributed by atoms with E-state index in [2.05, 4.69) is 39.8 Å².